The summed E-state index contributed by atoms with van der Waals surface area (Å²) in [6.45, 7) is 0. The van der Waals surface area contributed by atoms with Crippen molar-refractivity contribution in [3.63, 3.8) is 0 Å². The van der Waals surface area contributed by atoms with Crippen LogP contribution < -0.4 is 0 Å². The maximum absolute atomic E-state index is 5.53. The summed E-state index contributed by atoms with van der Waals surface area (Å²) in [4.78, 5) is 4.12. The molecule has 0 amide bonds. The van der Waals surface area contributed by atoms with E-state index in [1.807, 2.05) is 30.7 Å². The van der Waals surface area contributed by atoms with Crippen LogP contribution in [0, 0.1) is 0 Å². The number of pyridine rings is 1. The van der Waals surface area contributed by atoms with Gasteiger partial charge in [0, 0.05) is 34.2 Å². The van der Waals surface area contributed by atoms with Gasteiger partial charge in [0.05, 0.1) is 6.26 Å². The van der Waals surface area contributed by atoms with E-state index >= 15 is 0 Å². The summed E-state index contributed by atoms with van der Waals surface area (Å²) in [6.07, 6.45) is 6.34. The van der Waals surface area contributed by atoms with Crippen molar-refractivity contribution in [3.05, 3.63) is 64.6 Å². The first-order valence-electron chi connectivity index (χ1n) is 5.37. The summed E-state index contributed by atoms with van der Waals surface area (Å²) in [5, 5.41) is 1.16. The Labute approximate surface area is 107 Å². The molecule has 0 fully saturated rings. The maximum Gasteiger partial charge on any atom is 0.134 e. The minimum absolute atomic E-state index is 0.845. The lowest BCUT2D eigenvalue weighted by Crippen LogP contribution is -1.87. The van der Waals surface area contributed by atoms with Crippen molar-refractivity contribution < 1.29 is 4.42 Å². The fourth-order valence-corrected chi connectivity index (χ4v) is 2.27. The van der Waals surface area contributed by atoms with Gasteiger partial charge in [-0.15, -0.1) is 0 Å². The molecule has 0 saturated carbocycles. The van der Waals surface area contributed by atoms with Crippen LogP contribution in [0.5, 0.6) is 0 Å². The number of rotatable bonds is 2. The fourth-order valence-electron chi connectivity index (χ4n) is 1.91. The zero-order chi connectivity index (χ0) is 11.7. The molecule has 0 atom stereocenters. The van der Waals surface area contributed by atoms with Gasteiger partial charge in [-0.3, -0.25) is 4.98 Å². The van der Waals surface area contributed by atoms with E-state index in [4.69, 9.17) is 4.42 Å². The van der Waals surface area contributed by atoms with Crippen molar-refractivity contribution in [1.82, 2.24) is 4.98 Å². The van der Waals surface area contributed by atoms with Gasteiger partial charge in [-0.1, -0.05) is 22.0 Å². The van der Waals surface area contributed by atoms with Crippen molar-refractivity contribution >= 4 is 26.9 Å². The third kappa shape index (κ3) is 2.11. The number of nitrogens with zero attached hydrogens (tertiary/aromatic N) is 1. The zero-order valence-electron chi connectivity index (χ0n) is 9.06. The molecule has 0 radical (unpaired) electrons. The minimum atomic E-state index is 0.845. The van der Waals surface area contributed by atoms with E-state index < -0.39 is 0 Å². The molecule has 2 heterocycles. The highest BCUT2D eigenvalue weighted by atomic mass is 79.9. The molecule has 2 nitrogen and oxygen atoms in total. The predicted molar refractivity (Wildman–Crippen MR) is 71.0 cm³/mol. The normalized spacial score (nSPS) is 10.9. The Morgan fingerprint density at radius 2 is 2.18 bits per heavy atom. The van der Waals surface area contributed by atoms with E-state index in [9.17, 15) is 0 Å². The Kier molecular flexibility index (Phi) is 2.69. The lowest BCUT2D eigenvalue weighted by atomic mass is 10.1. The topological polar surface area (TPSA) is 26.0 Å². The number of hydrogen-bond acceptors (Lipinski definition) is 2. The number of hydrogen-bond donors (Lipinski definition) is 0. The van der Waals surface area contributed by atoms with Gasteiger partial charge in [0.1, 0.15) is 5.58 Å². The number of fused-ring (bicyclic) bond motifs is 1. The van der Waals surface area contributed by atoms with E-state index in [-0.39, 0.29) is 0 Å². The van der Waals surface area contributed by atoms with Gasteiger partial charge in [0.25, 0.3) is 0 Å². The van der Waals surface area contributed by atoms with Crippen LogP contribution in [0.3, 0.4) is 0 Å². The molecule has 3 heteroatoms. The first-order chi connectivity index (χ1) is 8.33. The molecule has 0 aliphatic carbocycles. The van der Waals surface area contributed by atoms with Crippen LogP contribution in [0.4, 0.5) is 0 Å². The fraction of sp³-hybridized carbons (Fsp3) is 0.0714. The molecule has 2 aromatic heterocycles. The monoisotopic (exact) mass is 287 g/mol. The lowest BCUT2D eigenvalue weighted by Gasteiger charge is -1.98. The molecular weight excluding hydrogens is 278 g/mol. The van der Waals surface area contributed by atoms with Crippen LogP contribution >= 0.6 is 15.9 Å². The van der Waals surface area contributed by atoms with E-state index in [2.05, 4.69) is 33.0 Å². The third-order valence-corrected chi connectivity index (χ3v) is 3.23. The van der Waals surface area contributed by atoms with Gasteiger partial charge in [0.15, 0.2) is 0 Å². The van der Waals surface area contributed by atoms with E-state index in [0.29, 0.717) is 0 Å². The van der Waals surface area contributed by atoms with E-state index in [1.54, 1.807) is 6.20 Å². The van der Waals surface area contributed by atoms with E-state index in [1.165, 1.54) is 11.1 Å². The number of aromatic nitrogens is 1. The summed E-state index contributed by atoms with van der Waals surface area (Å²) in [5.74, 6) is 0. The summed E-state index contributed by atoms with van der Waals surface area (Å²) in [5.41, 5.74) is 3.30. The molecule has 0 aliphatic heterocycles. The van der Waals surface area contributed by atoms with Gasteiger partial charge >= 0.3 is 0 Å². The molecule has 17 heavy (non-hydrogen) atoms. The summed E-state index contributed by atoms with van der Waals surface area (Å²) in [7, 11) is 0. The van der Waals surface area contributed by atoms with Gasteiger partial charge in [-0.2, -0.15) is 0 Å². The van der Waals surface area contributed by atoms with Gasteiger partial charge < -0.3 is 4.42 Å². The van der Waals surface area contributed by atoms with E-state index in [0.717, 1.165) is 21.9 Å². The number of benzene rings is 1. The molecule has 0 unspecified atom stereocenters. The Morgan fingerprint density at radius 3 is 3.00 bits per heavy atom. The Morgan fingerprint density at radius 1 is 1.24 bits per heavy atom. The van der Waals surface area contributed by atoms with Gasteiger partial charge in [-0.25, -0.2) is 0 Å². The number of halogens is 1. The molecule has 0 bridgehead atoms. The zero-order valence-corrected chi connectivity index (χ0v) is 10.6. The molecule has 1 aromatic carbocycles. The van der Waals surface area contributed by atoms with Crippen molar-refractivity contribution in [1.29, 1.82) is 0 Å². The Bertz CT molecular complexity index is 646. The first kappa shape index (κ1) is 10.5. The van der Waals surface area contributed by atoms with Crippen LogP contribution in [0.25, 0.3) is 11.0 Å². The predicted octanol–water partition coefficient (Wildman–Crippen LogP) is 4.18. The highest BCUT2D eigenvalue weighted by Gasteiger charge is 2.06. The van der Waals surface area contributed by atoms with Crippen molar-refractivity contribution in [2.75, 3.05) is 0 Å². The highest BCUT2D eigenvalue weighted by Crippen LogP contribution is 2.26. The van der Waals surface area contributed by atoms with Crippen LogP contribution in [0.1, 0.15) is 11.1 Å². The van der Waals surface area contributed by atoms with Crippen LogP contribution in [0.15, 0.2) is 57.9 Å². The first-order valence-corrected chi connectivity index (χ1v) is 6.17. The molecule has 0 N–H and O–H groups in total. The lowest BCUT2D eigenvalue weighted by molar-refractivity contribution is 0.611. The van der Waals surface area contributed by atoms with Crippen LogP contribution in [0.2, 0.25) is 0 Å². The molecule has 0 saturated heterocycles. The maximum atomic E-state index is 5.53. The number of furan rings is 1. The van der Waals surface area contributed by atoms with Crippen LogP contribution in [-0.4, -0.2) is 4.98 Å². The smallest absolute Gasteiger partial charge is 0.134 e. The molecule has 84 valence electrons. The summed E-state index contributed by atoms with van der Waals surface area (Å²) in [6, 6.07) is 10.1. The molecule has 0 spiro atoms. The minimum Gasteiger partial charge on any atom is -0.464 e. The van der Waals surface area contributed by atoms with Gasteiger partial charge in [-0.05, 0) is 29.8 Å². The molecule has 3 aromatic rings. The average molecular weight is 288 g/mol. The molecular formula is C14H10BrNO. The second-order valence-corrected chi connectivity index (χ2v) is 4.86. The third-order valence-electron chi connectivity index (χ3n) is 2.73. The summed E-state index contributed by atoms with van der Waals surface area (Å²) >= 11 is 3.48. The van der Waals surface area contributed by atoms with Crippen molar-refractivity contribution in [3.8, 4) is 0 Å². The average Bonchev–Trinajstić information content (AvgIpc) is 2.73. The summed E-state index contributed by atoms with van der Waals surface area (Å²) < 4.78 is 6.60. The Hall–Kier alpha value is -1.61. The SMILES string of the molecule is Brc1ccc2occ(Cc3cccnc3)c2c1. The van der Waals surface area contributed by atoms with Crippen molar-refractivity contribution in [2.45, 2.75) is 6.42 Å². The standard InChI is InChI=1S/C14H10BrNO/c15-12-3-4-14-13(7-12)11(9-17-14)6-10-2-1-5-16-8-10/h1-5,7-9H,6H2. The highest BCUT2D eigenvalue weighted by molar-refractivity contribution is 9.10. The largest absolute Gasteiger partial charge is 0.464 e. The second kappa shape index (κ2) is 4.34. The quantitative estimate of drug-likeness (QED) is 0.707. The van der Waals surface area contributed by atoms with Crippen molar-refractivity contribution in [2.24, 2.45) is 0 Å². The Balaban J connectivity index is 2.03. The molecule has 3 rings (SSSR count). The van der Waals surface area contributed by atoms with Gasteiger partial charge in [0.2, 0.25) is 0 Å². The second-order valence-electron chi connectivity index (χ2n) is 3.94. The van der Waals surface area contributed by atoms with Crippen LogP contribution in [-0.2, 0) is 6.42 Å². The molecule has 0 aliphatic rings.